The largest absolute Gasteiger partial charge is 0.320 e. The Morgan fingerprint density at radius 1 is 1.27 bits per heavy atom. The van der Waals surface area contributed by atoms with E-state index in [1.165, 1.54) is 0 Å². The molecule has 0 spiro atoms. The van der Waals surface area contributed by atoms with Gasteiger partial charge in [0.25, 0.3) is 0 Å². The molecular formula is C11H13ClN2S. The molecular weight excluding hydrogens is 228 g/mol. The van der Waals surface area contributed by atoms with Crippen LogP contribution in [0.15, 0.2) is 35.8 Å². The summed E-state index contributed by atoms with van der Waals surface area (Å²) in [7, 11) is 0. The highest BCUT2D eigenvalue weighted by Crippen LogP contribution is 2.25. The lowest BCUT2D eigenvalue weighted by molar-refractivity contribution is 0.877. The number of hydrogen-bond acceptors (Lipinski definition) is 3. The van der Waals surface area contributed by atoms with E-state index in [-0.39, 0.29) is 18.4 Å². The molecule has 1 atom stereocenters. The van der Waals surface area contributed by atoms with Crippen LogP contribution in [0.3, 0.4) is 0 Å². The number of nitrogens with zero attached hydrogens (tertiary/aromatic N) is 1. The zero-order valence-corrected chi connectivity index (χ0v) is 10.0. The number of halogens is 1. The van der Waals surface area contributed by atoms with E-state index in [4.69, 9.17) is 5.73 Å². The maximum absolute atomic E-state index is 6.13. The van der Waals surface area contributed by atoms with Crippen molar-refractivity contribution in [1.82, 2.24) is 4.98 Å². The molecule has 1 unspecified atom stereocenters. The van der Waals surface area contributed by atoms with Crippen molar-refractivity contribution in [2.75, 3.05) is 0 Å². The second-order valence-corrected chi connectivity index (χ2v) is 4.08. The van der Waals surface area contributed by atoms with Gasteiger partial charge in [0.1, 0.15) is 0 Å². The van der Waals surface area contributed by atoms with Gasteiger partial charge < -0.3 is 5.73 Å². The number of thiazole rings is 1. The molecule has 1 aromatic carbocycles. The van der Waals surface area contributed by atoms with E-state index in [9.17, 15) is 0 Å². The van der Waals surface area contributed by atoms with Crippen LogP contribution in [0.2, 0.25) is 0 Å². The second-order valence-electron chi connectivity index (χ2n) is 3.19. The Kier molecular flexibility index (Phi) is 4.27. The van der Waals surface area contributed by atoms with Gasteiger partial charge in [0.15, 0.2) is 0 Å². The summed E-state index contributed by atoms with van der Waals surface area (Å²) in [4.78, 5) is 5.35. The lowest BCUT2D eigenvalue weighted by Crippen LogP contribution is -2.11. The van der Waals surface area contributed by atoms with Gasteiger partial charge in [-0.05, 0) is 12.5 Å². The number of aryl methyl sites for hydroxylation is 1. The summed E-state index contributed by atoms with van der Waals surface area (Å²) in [6.07, 6.45) is 0. The van der Waals surface area contributed by atoms with Crippen molar-refractivity contribution in [3.8, 4) is 0 Å². The van der Waals surface area contributed by atoms with Gasteiger partial charge in [0.2, 0.25) is 0 Å². The SMILES string of the molecule is Cc1ncsc1C(N)c1ccccc1.Cl. The minimum atomic E-state index is -0.0382. The van der Waals surface area contributed by atoms with Crippen LogP contribution in [-0.4, -0.2) is 4.98 Å². The van der Waals surface area contributed by atoms with E-state index in [2.05, 4.69) is 4.98 Å². The third kappa shape index (κ3) is 2.56. The van der Waals surface area contributed by atoms with E-state index in [1.54, 1.807) is 11.3 Å². The van der Waals surface area contributed by atoms with Gasteiger partial charge in [-0.25, -0.2) is 4.98 Å². The van der Waals surface area contributed by atoms with E-state index >= 15 is 0 Å². The first-order valence-electron chi connectivity index (χ1n) is 4.49. The fraction of sp³-hybridized carbons (Fsp3) is 0.182. The van der Waals surface area contributed by atoms with Gasteiger partial charge in [-0.2, -0.15) is 0 Å². The highest BCUT2D eigenvalue weighted by atomic mass is 35.5. The van der Waals surface area contributed by atoms with Crippen molar-refractivity contribution in [3.63, 3.8) is 0 Å². The van der Waals surface area contributed by atoms with Crippen LogP contribution in [0.1, 0.15) is 22.2 Å². The Labute approximate surface area is 99.6 Å². The number of rotatable bonds is 2. The summed E-state index contributed by atoms with van der Waals surface area (Å²) in [5.74, 6) is 0. The average molecular weight is 241 g/mol. The highest BCUT2D eigenvalue weighted by Gasteiger charge is 2.12. The summed E-state index contributed by atoms with van der Waals surface area (Å²) in [6.45, 7) is 1.99. The highest BCUT2D eigenvalue weighted by molar-refractivity contribution is 7.09. The predicted molar refractivity (Wildman–Crippen MR) is 66.6 cm³/mol. The zero-order valence-electron chi connectivity index (χ0n) is 8.38. The molecule has 0 bridgehead atoms. The molecule has 1 heterocycles. The molecule has 1 aromatic heterocycles. The normalized spacial score (nSPS) is 11.9. The fourth-order valence-electron chi connectivity index (χ4n) is 1.42. The molecule has 2 nitrogen and oxygen atoms in total. The minimum absolute atomic E-state index is 0. The molecule has 0 amide bonds. The van der Waals surface area contributed by atoms with Gasteiger partial charge in [-0.1, -0.05) is 30.3 Å². The number of aromatic nitrogens is 1. The van der Waals surface area contributed by atoms with E-state index < -0.39 is 0 Å². The van der Waals surface area contributed by atoms with Crippen molar-refractivity contribution in [2.45, 2.75) is 13.0 Å². The molecule has 0 aliphatic heterocycles. The van der Waals surface area contributed by atoms with Crippen LogP contribution < -0.4 is 5.73 Å². The van der Waals surface area contributed by atoms with Crippen LogP contribution in [0.4, 0.5) is 0 Å². The molecule has 0 aliphatic carbocycles. The molecule has 2 N–H and O–H groups in total. The third-order valence-electron chi connectivity index (χ3n) is 2.22. The molecule has 15 heavy (non-hydrogen) atoms. The van der Waals surface area contributed by atoms with Crippen molar-refractivity contribution < 1.29 is 0 Å². The third-order valence-corrected chi connectivity index (χ3v) is 3.24. The van der Waals surface area contributed by atoms with Crippen LogP contribution in [0, 0.1) is 6.92 Å². The van der Waals surface area contributed by atoms with Crippen molar-refractivity contribution in [3.05, 3.63) is 52.0 Å². The van der Waals surface area contributed by atoms with E-state index in [1.807, 2.05) is 42.8 Å². The van der Waals surface area contributed by atoms with Crippen LogP contribution in [0.25, 0.3) is 0 Å². The van der Waals surface area contributed by atoms with E-state index in [0.29, 0.717) is 0 Å². The first kappa shape index (κ1) is 12.2. The molecule has 0 saturated heterocycles. The Morgan fingerprint density at radius 2 is 1.93 bits per heavy atom. The Bertz CT molecular complexity index is 414. The van der Waals surface area contributed by atoms with E-state index in [0.717, 1.165) is 16.1 Å². The molecule has 0 fully saturated rings. The standard InChI is InChI=1S/C11H12N2S.ClH/c1-8-11(14-7-13-8)10(12)9-5-3-2-4-6-9;/h2-7,10H,12H2,1H3;1H. The lowest BCUT2D eigenvalue weighted by atomic mass is 10.1. The number of hydrogen-bond donors (Lipinski definition) is 1. The topological polar surface area (TPSA) is 38.9 Å². The molecule has 80 valence electrons. The molecule has 2 rings (SSSR count). The summed E-state index contributed by atoms with van der Waals surface area (Å²) in [5.41, 5.74) is 10.1. The molecule has 0 radical (unpaired) electrons. The molecule has 0 aliphatic rings. The monoisotopic (exact) mass is 240 g/mol. The Hall–Kier alpha value is -0.900. The number of benzene rings is 1. The molecule has 0 saturated carbocycles. The van der Waals surface area contributed by atoms with Gasteiger partial charge >= 0.3 is 0 Å². The summed E-state index contributed by atoms with van der Waals surface area (Å²) in [5, 5.41) is 0. The Balaban J connectivity index is 0.00000112. The fourth-order valence-corrected chi connectivity index (χ4v) is 2.25. The minimum Gasteiger partial charge on any atom is -0.320 e. The van der Waals surface area contributed by atoms with Crippen LogP contribution >= 0.6 is 23.7 Å². The lowest BCUT2D eigenvalue weighted by Gasteiger charge is -2.10. The van der Waals surface area contributed by atoms with Crippen molar-refractivity contribution >= 4 is 23.7 Å². The maximum Gasteiger partial charge on any atom is 0.0798 e. The van der Waals surface area contributed by atoms with Gasteiger partial charge in [0, 0.05) is 4.88 Å². The molecule has 2 aromatic rings. The first-order valence-corrected chi connectivity index (χ1v) is 5.37. The summed E-state index contributed by atoms with van der Waals surface area (Å²) < 4.78 is 0. The summed E-state index contributed by atoms with van der Waals surface area (Å²) >= 11 is 1.62. The number of nitrogens with two attached hydrogens (primary N) is 1. The van der Waals surface area contributed by atoms with Gasteiger partial charge in [0.05, 0.1) is 17.2 Å². The average Bonchev–Trinajstić information content (AvgIpc) is 2.65. The first-order chi connectivity index (χ1) is 6.79. The maximum atomic E-state index is 6.13. The predicted octanol–water partition coefficient (Wildman–Crippen LogP) is 2.92. The van der Waals surface area contributed by atoms with Crippen molar-refractivity contribution in [2.24, 2.45) is 5.73 Å². The van der Waals surface area contributed by atoms with Crippen molar-refractivity contribution in [1.29, 1.82) is 0 Å². The quantitative estimate of drug-likeness (QED) is 0.877. The van der Waals surface area contributed by atoms with Crippen LogP contribution in [-0.2, 0) is 0 Å². The molecule has 4 heteroatoms. The van der Waals surface area contributed by atoms with Crippen LogP contribution in [0.5, 0.6) is 0 Å². The summed E-state index contributed by atoms with van der Waals surface area (Å²) in [6, 6.07) is 10.1. The van der Waals surface area contributed by atoms with Gasteiger partial charge in [-0.3, -0.25) is 0 Å². The zero-order chi connectivity index (χ0) is 9.97. The second kappa shape index (κ2) is 5.26. The van der Waals surface area contributed by atoms with Gasteiger partial charge in [-0.15, -0.1) is 23.7 Å². The Morgan fingerprint density at radius 3 is 2.47 bits per heavy atom. The smallest absolute Gasteiger partial charge is 0.0798 e.